The summed E-state index contributed by atoms with van der Waals surface area (Å²) in [6.45, 7) is -0.256. The molecular weight excluding hydrogens is 470 g/mol. The van der Waals surface area contributed by atoms with Gasteiger partial charge in [-0.1, -0.05) is 41.9 Å². The fourth-order valence-electron chi connectivity index (χ4n) is 2.80. The molecule has 0 aliphatic heterocycles. The van der Waals surface area contributed by atoms with Gasteiger partial charge in [-0.15, -0.1) is 0 Å². The van der Waals surface area contributed by atoms with Crippen molar-refractivity contribution in [3.8, 4) is 11.5 Å². The highest BCUT2D eigenvalue weighted by Crippen LogP contribution is 2.27. The van der Waals surface area contributed by atoms with Gasteiger partial charge in [0.1, 0.15) is 0 Å². The number of nitrogens with zero attached hydrogens (tertiary/aromatic N) is 1. The summed E-state index contributed by atoms with van der Waals surface area (Å²) in [5, 5.41) is 6.87. The Bertz CT molecular complexity index is 1240. The number of hydrogen-bond donors (Lipinski definition) is 2. The van der Waals surface area contributed by atoms with E-state index < -0.39 is 17.8 Å². The number of ether oxygens (including phenoxy) is 2. The number of carbonyl (C=O) groups excluding carboxylic acids is 3. The summed E-state index contributed by atoms with van der Waals surface area (Å²) < 4.78 is 10.6. The van der Waals surface area contributed by atoms with Crippen molar-refractivity contribution in [2.24, 2.45) is 5.10 Å². The van der Waals surface area contributed by atoms with Gasteiger partial charge in [-0.2, -0.15) is 5.10 Å². The number of halogens is 1. The number of hydrogen-bond acceptors (Lipinski definition) is 6. The highest BCUT2D eigenvalue weighted by Gasteiger charge is 2.10. The molecular formula is C26H22ClN3O5. The van der Waals surface area contributed by atoms with E-state index in [-0.39, 0.29) is 12.3 Å². The molecule has 0 aliphatic carbocycles. The van der Waals surface area contributed by atoms with Gasteiger partial charge in [0.05, 0.1) is 19.9 Å². The number of benzene rings is 3. The minimum absolute atomic E-state index is 0.237. The Kier molecular flexibility index (Phi) is 9.15. The van der Waals surface area contributed by atoms with Crippen LogP contribution in [0.1, 0.15) is 21.5 Å². The summed E-state index contributed by atoms with van der Waals surface area (Å²) in [4.78, 5) is 36.1. The minimum Gasteiger partial charge on any atom is -0.493 e. The van der Waals surface area contributed by atoms with Gasteiger partial charge in [0, 0.05) is 16.7 Å². The van der Waals surface area contributed by atoms with Crippen LogP contribution in [0, 0.1) is 0 Å². The van der Waals surface area contributed by atoms with Crippen LogP contribution in [0.4, 0.5) is 0 Å². The van der Waals surface area contributed by atoms with Crippen LogP contribution < -0.4 is 20.2 Å². The number of carbonyl (C=O) groups is 3. The summed E-state index contributed by atoms with van der Waals surface area (Å²) in [5.74, 6) is -0.916. The predicted molar refractivity (Wildman–Crippen MR) is 134 cm³/mol. The molecule has 3 aromatic rings. The van der Waals surface area contributed by atoms with Crippen LogP contribution in [-0.4, -0.2) is 37.7 Å². The second-order valence-corrected chi connectivity index (χ2v) is 7.49. The van der Waals surface area contributed by atoms with E-state index in [4.69, 9.17) is 21.1 Å². The fourth-order valence-corrected chi connectivity index (χ4v) is 2.93. The first-order valence-electron chi connectivity index (χ1n) is 10.4. The zero-order chi connectivity index (χ0) is 25.0. The van der Waals surface area contributed by atoms with E-state index in [2.05, 4.69) is 15.8 Å². The van der Waals surface area contributed by atoms with Crippen molar-refractivity contribution in [1.82, 2.24) is 10.7 Å². The van der Waals surface area contributed by atoms with Crippen molar-refractivity contribution in [1.29, 1.82) is 0 Å². The van der Waals surface area contributed by atoms with Crippen LogP contribution >= 0.6 is 11.6 Å². The van der Waals surface area contributed by atoms with Gasteiger partial charge in [-0.25, -0.2) is 10.2 Å². The molecule has 3 aromatic carbocycles. The van der Waals surface area contributed by atoms with Gasteiger partial charge in [0.2, 0.25) is 0 Å². The largest absolute Gasteiger partial charge is 0.493 e. The number of rotatable bonds is 9. The molecule has 9 heteroatoms. The van der Waals surface area contributed by atoms with Crippen molar-refractivity contribution in [3.63, 3.8) is 0 Å². The maximum Gasteiger partial charge on any atom is 0.336 e. The third kappa shape index (κ3) is 8.13. The van der Waals surface area contributed by atoms with E-state index in [1.54, 1.807) is 48.5 Å². The van der Waals surface area contributed by atoms with Crippen molar-refractivity contribution >= 4 is 41.7 Å². The second-order valence-electron chi connectivity index (χ2n) is 7.06. The van der Waals surface area contributed by atoms with E-state index in [0.29, 0.717) is 21.9 Å². The van der Waals surface area contributed by atoms with Gasteiger partial charge in [0.25, 0.3) is 11.8 Å². The minimum atomic E-state index is -0.554. The molecule has 0 radical (unpaired) electrons. The lowest BCUT2D eigenvalue weighted by Gasteiger charge is -2.08. The van der Waals surface area contributed by atoms with Gasteiger partial charge in [-0.3, -0.25) is 9.59 Å². The normalized spacial score (nSPS) is 10.8. The van der Waals surface area contributed by atoms with E-state index in [1.807, 2.05) is 30.3 Å². The second kappa shape index (κ2) is 12.7. The monoisotopic (exact) mass is 491 g/mol. The Hall–Kier alpha value is -4.43. The Balaban J connectivity index is 1.50. The first-order valence-corrected chi connectivity index (χ1v) is 10.8. The van der Waals surface area contributed by atoms with Gasteiger partial charge in [-0.05, 0) is 59.7 Å². The number of amides is 2. The topological polar surface area (TPSA) is 106 Å². The molecule has 0 atom stereocenters. The summed E-state index contributed by atoms with van der Waals surface area (Å²) in [6, 6.07) is 20.4. The molecule has 0 saturated carbocycles. The highest BCUT2D eigenvalue weighted by molar-refractivity contribution is 6.30. The molecule has 0 aliphatic rings. The van der Waals surface area contributed by atoms with Crippen LogP contribution in [0.2, 0.25) is 5.02 Å². The lowest BCUT2D eigenvalue weighted by Crippen LogP contribution is -2.34. The third-order valence-electron chi connectivity index (χ3n) is 4.53. The third-order valence-corrected chi connectivity index (χ3v) is 4.78. The van der Waals surface area contributed by atoms with Gasteiger partial charge >= 0.3 is 5.97 Å². The summed E-state index contributed by atoms with van der Waals surface area (Å²) in [5.41, 5.74) is 4.17. The lowest BCUT2D eigenvalue weighted by molar-refractivity contribution is -0.129. The zero-order valence-electron chi connectivity index (χ0n) is 18.7. The Labute approximate surface area is 207 Å². The average Bonchev–Trinajstić information content (AvgIpc) is 2.88. The molecule has 0 heterocycles. The van der Waals surface area contributed by atoms with Crippen LogP contribution in [0.5, 0.6) is 11.5 Å². The molecule has 0 spiro atoms. The summed E-state index contributed by atoms with van der Waals surface area (Å²) in [7, 11) is 1.44. The maximum atomic E-state index is 12.1. The summed E-state index contributed by atoms with van der Waals surface area (Å²) in [6.07, 6.45) is 4.37. The van der Waals surface area contributed by atoms with E-state index in [0.717, 1.165) is 5.56 Å². The molecule has 2 amide bonds. The molecule has 0 aromatic heterocycles. The summed E-state index contributed by atoms with van der Waals surface area (Å²) >= 11 is 5.79. The molecule has 0 bridgehead atoms. The SMILES string of the molecule is COc1cc(/C=N/NC(=O)CNC(=O)c2ccc(Cl)cc2)ccc1OC(=O)/C=C/c1ccccc1. The average molecular weight is 492 g/mol. The van der Waals surface area contributed by atoms with Crippen LogP contribution in [0.3, 0.4) is 0 Å². The van der Waals surface area contributed by atoms with E-state index >= 15 is 0 Å². The number of methoxy groups -OCH3 is 1. The van der Waals surface area contributed by atoms with E-state index in [9.17, 15) is 14.4 Å². The molecule has 8 nitrogen and oxygen atoms in total. The molecule has 0 saturated heterocycles. The van der Waals surface area contributed by atoms with Crippen LogP contribution in [0.15, 0.2) is 84.0 Å². The number of hydrazone groups is 1. The number of nitrogens with one attached hydrogen (secondary N) is 2. The predicted octanol–water partition coefficient (Wildman–Crippen LogP) is 3.85. The van der Waals surface area contributed by atoms with Gasteiger partial charge < -0.3 is 14.8 Å². The van der Waals surface area contributed by atoms with Crippen molar-refractivity contribution in [2.75, 3.05) is 13.7 Å². The molecule has 3 rings (SSSR count). The van der Waals surface area contributed by atoms with Crippen molar-refractivity contribution in [2.45, 2.75) is 0 Å². The first-order chi connectivity index (χ1) is 16.9. The molecule has 0 unspecified atom stereocenters. The molecule has 178 valence electrons. The lowest BCUT2D eigenvalue weighted by atomic mass is 10.2. The van der Waals surface area contributed by atoms with Gasteiger partial charge in [0.15, 0.2) is 11.5 Å². The highest BCUT2D eigenvalue weighted by atomic mass is 35.5. The number of esters is 1. The molecule has 35 heavy (non-hydrogen) atoms. The van der Waals surface area contributed by atoms with Crippen LogP contribution in [0.25, 0.3) is 6.08 Å². The smallest absolute Gasteiger partial charge is 0.336 e. The maximum absolute atomic E-state index is 12.1. The van der Waals surface area contributed by atoms with Crippen molar-refractivity contribution < 1.29 is 23.9 Å². The first kappa shape index (κ1) is 25.2. The Morgan fingerprint density at radius 3 is 2.40 bits per heavy atom. The van der Waals surface area contributed by atoms with Crippen LogP contribution in [-0.2, 0) is 9.59 Å². The van der Waals surface area contributed by atoms with E-state index in [1.165, 1.54) is 19.4 Å². The molecule has 2 N–H and O–H groups in total. The fraction of sp³-hybridized carbons (Fsp3) is 0.0769. The van der Waals surface area contributed by atoms with Crippen molar-refractivity contribution in [3.05, 3.63) is 101 Å². The quantitative estimate of drug-likeness (QED) is 0.155. The Morgan fingerprint density at radius 2 is 1.69 bits per heavy atom. The Morgan fingerprint density at radius 1 is 0.943 bits per heavy atom. The zero-order valence-corrected chi connectivity index (χ0v) is 19.5. The standard InChI is InChI=1S/C26H22ClN3O5/c1-34-23-15-19(7-13-22(23)35-25(32)14-8-18-5-3-2-4-6-18)16-29-30-24(31)17-28-26(33)20-9-11-21(27)12-10-20/h2-16H,17H2,1H3,(H,28,33)(H,30,31)/b14-8+,29-16+. The molecule has 0 fully saturated rings.